The fourth-order valence-electron chi connectivity index (χ4n) is 3.31. The molecule has 0 amide bonds. The number of nitrogens with two attached hydrogens (primary N) is 1. The highest BCUT2D eigenvalue weighted by atomic mass is 35.5. The van der Waals surface area contributed by atoms with Gasteiger partial charge in [-0.15, -0.1) is 5.10 Å². The predicted molar refractivity (Wildman–Crippen MR) is 116 cm³/mol. The van der Waals surface area contributed by atoms with Gasteiger partial charge < -0.3 is 15.3 Å². The van der Waals surface area contributed by atoms with E-state index in [1.165, 1.54) is 23.3 Å². The van der Waals surface area contributed by atoms with E-state index in [4.69, 9.17) is 26.9 Å². The van der Waals surface area contributed by atoms with E-state index >= 15 is 0 Å². The number of benzene rings is 2. The lowest BCUT2D eigenvalue weighted by Gasteiger charge is -2.17. The van der Waals surface area contributed by atoms with Gasteiger partial charge in [0.15, 0.2) is 17.9 Å². The van der Waals surface area contributed by atoms with Crippen LogP contribution < -0.4 is 15.3 Å². The van der Waals surface area contributed by atoms with Gasteiger partial charge in [-0.2, -0.15) is 0 Å². The van der Waals surface area contributed by atoms with Crippen molar-refractivity contribution in [2.24, 2.45) is 5.73 Å². The average molecular weight is 442 g/mol. The summed E-state index contributed by atoms with van der Waals surface area (Å²) >= 11 is 6.28. The minimum absolute atomic E-state index is 0.114. The van der Waals surface area contributed by atoms with Gasteiger partial charge >= 0.3 is 0 Å². The number of fused-ring (bicyclic) bond motifs is 1. The Morgan fingerprint density at radius 2 is 2.00 bits per heavy atom. The van der Waals surface area contributed by atoms with Crippen molar-refractivity contribution in [3.63, 3.8) is 0 Å². The first kappa shape index (κ1) is 21.0. The molecule has 0 fully saturated rings. The Bertz CT molecular complexity index is 1260. The summed E-state index contributed by atoms with van der Waals surface area (Å²) in [4.78, 5) is 15.8. The van der Waals surface area contributed by atoms with E-state index in [1.54, 1.807) is 19.9 Å². The largest absolute Gasteiger partial charge is 0.487 e. The zero-order chi connectivity index (χ0) is 22.1. The monoisotopic (exact) mass is 441 g/mol. The molecule has 0 radical (unpaired) electrons. The van der Waals surface area contributed by atoms with Crippen LogP contribution in [0.25, 0.3) is 10.9 Å². The molecule has 0 aliphatic carbocycles. The first-order valence-corrected chi connectivity index (χ1v) is 10.0. The molecule has 0 saturated carbocycles. The lowest BCUT2D eigenvalue weighted by atomic mass is 10.0. The Hall–Kier alpha value is -3.23. The third-order valence-corrected chi connectivity index (χ3v) is 5.07. The summed E-state index contributed by atoms with van der Waals surface area (Å²) in [5.74, 6) is 1.26. The van der Waals surface area contributed by atoms with Gasteiger partial charge in [-0.1, -0.05) is 22.5 Å². The van der Waals surface area contributed by atoms with E-state index in [1.807, 2.05) is 25.1 Å². The molecule has 7 nitrogen and oxygen atoms in total. The normalized spacial score (nSPS) is 12.2. The second-order valence-corrected chi connectivity index (χ2v) is 7.64. The van der Waals surface area contributed by atoms with Crippen molar-refractivity contribution in [1.29, 1.82) is 0 Å². The van der Waals surface area contributed by atoms with Gasteiger partial charge in [0.2, 0.25) is 0 Å². The Balaban J connectivity index is 1.70. The van der Waals surface area contributed by atoms with Crippen molar-refractivity contribution in [2.45, 2.75) is 33.4 Å². The molecule has 1 unspecified atom stereocenters. The minimum atomic E-state index is -0.436. The number of rotatable bonds is 6. The third-order valence-electron chi connectivity index (χ3n) is 4.73. The number of pyridine rings is 1. The third kappa shape index (κ3) is 4.45. The molecular weight excluding hydrogens is 421 g/mol. The van der Waals surface area contributed by atoms with Gasteiger partial charge in [0.1, 0.15) is 23.7 Å². The Labute approximate surface area is 183 Å². The SMILES string of the molecule is Cc1cc(On2cnc(C)n2)c2cccc(OCc3c(Cl)cc(F)cc3C(C)N)c2n1. The second kappa shape index (κ2) is 8.49. The standard InChI is InChI=1S/C22H21ClFN5O2/c1-12-7-21(31-29-11-26-14(3)28-29)16-5-4-6-20(22(16)27-12)30-10-18-17(13(2)25)8-15(24)9-19(18)23/h4-9,11,13H,10,25H2,1-3H3. The Kier molecular flexibility index (Phi) is 5.75. The van der Waals surface area contributed by atoms with Gasteiger partial charge in [-0.05, 0) is 50.6 Å². The average Bonchev–Trinajstić information content (AvgIpc) is 3.11. The van der Waals surface area contributed by atoms with Gasteiger partial charge in [0.25, 0.3) is 0 Å². The summed E-state index contributed by atoms with van der Waals surface area (Å²) < 4.78 is 19.9. The summed E-state index contributed by atoms with van der Waals surface area (Å²) in [5.41, 5.74) is 8.60. The van der Waals surface area contributed by atoms with Crippen LogP contribution in [0.4, 0.5) is 4.39 Å². The van der Waals surface area contributed by atoms with Crippen LogP contribution in [0.3, 0.4) is 0 Å². The van der Waals surface area contributed by atoms with Crippen molar-refractivity contribution in [2.75, 3.05) is 0 Å². The molecule has 31 heavy (non-hydrogen) atoms. The summed E-state index contributed by atoms with van der Waals surface area (Å²) in [6, 6.07) is 9.58. The van der Waals surface area contributed by atoms with Crippen LogP contribution in [0, 0.1) is 19.7 Å². The lowest BCUT2D eigenvalue weighted by molar-refractivity contribution is 0.179. The molecule has 2 aromatic carbocycles. The van der Waals surface area contributed by atoms with E-state index in [0.717, 1.165) is 11.1 Å². The van der Waals surface area contributed by atoms with Crippen LogP contribution in [0.2, 0.25) is 5.02 Å². The van der Waals surface area contributed by atoms with Crippen molar-refractivity contribution >= 4 is 22.5 Å². The summed E-state index contributed by atoms with van der Waals surface area (Å²) in [6.07, 6.45) is 1.49. The fraction of sp³-hybridized carbons (Fsp3) is 0.227. The number of aromatic nitrogens is 4. The number of nitrogens with zero attached hydrogens (tertiary/aromatic N) is 4. The molecule has 0 bridgehead atoms. The number of para-hydroxylation sites is 1. The number of hydrogen-bond donors (Lipinski definition) is 1. The van der Waals surface area contributed by atoms with Crippen LogP contribution in [0.1, 0.15) is 35.6 Å². The van der Waals surface area contributed by atoms with Crippen LogP contribution in [0.5, 0.6) is 11.5 Å². The zero-order valence-corrected chi connectivity index (χ0v) is 18.0. The van der Waals surface area contributed by atoms with Gasteiger partial charge in [0.05, 0.1) is 5.02 Å². The summed E-state index contributed by atoms with van der Waals surface area (Å²) in [7, 11) is 0. The smallest absolute Gasteiger partial charge is 0.169 e. The highest BCUT2D eigenvalue weighted by Crippen LogP contribution is 2.33. The van der Waals surface area contributed by atoms with E-state index < -0.39 is 11.9 Å². The van der Waals surface area contributed by atoms with Crippen molar-refractivity contribution in [1.82, 2.24) is 19.9 Å². The van der Waals surface area contributed by atoms with Crippen molar-refractivity contribution in [3.05, 3.63) is 76.2 Å². The molecule has 0 aliphatic rings. The van der Waals surface area contributed by atoms with Crippen LogP contribution in [0.15, 0.2) is 42.7 Å². The molecule has 2 N–H and O–H groups in total. The van der Waals surface area contributed by atoms with Crippen LogP contribution in [-0.2, 0) is 6.61 Å². The van der Waals surface area contributed by atoms with Crippen LogP contribution in [-0.4, -0.2) is 19.9 Å². The lowest BCUT2D eigenvalue weighted by Crippen LogP contribution is -2.11. The maximum atomic E-state index is 13.8. The zero-order valence-electron chi connectivity index (χ0n) is 17.3. The molecule has 2 aromatic heterocycles. The Morgan fingerprint density at radius 1 is 1.19 bits per heavy atom. The molecule has 4 aromatic rings. The number of hydrogen-bond acceptors (Lipinski definition) is 6. The quantitative estimate of drug-likeness (QED) is 0.467. The first-order valence-electron chi connectivity index (χ1n) is 9.65. The molecule has 160 valence electrons. The molecular formula is C22H21ClFN5O2. The number of aryl methyl sites for hydroxylation is 2. The molecule has 1 atom stereocenters. The van der Waals surface area contributed by atoms with Crippen molar-refractivity contribution < 1.29 is 14.0 Å². The maximum absolute atomic E-state index is 13.8. The first-order chi connectivity index (χ1) is 14.8. The van der Waals surface area contributed by atoms with E-state index in [2.05, 4.69) is 15.1 Å². The fourth-order valence-corrected chi connectivity index (χ4v) is 3.58. The van der Waals surface area contributed by atoms with Gasteiger partial charge in [-0.25, -0.2) is 14.4 Å². The number of halogens is 2. The number of ether oxygens (including phenoxy) is 1. The predicted octanol–water partition coefficient (Wildman–Crippen LogP) is 4.68. The topological polar surface area (TPSA) is 88.1 Å². The molecule has 0 aliphatic heterocycles. The van der Waals surface area contributed by atoms with E-state index in [-0.39, 0.29) is 11.6 Å². The second-order valence-electron chi connectivity index (χ2n) is 7.23. The van der Waals surface area contributed by atoms with Crippen molar-refractivity contribution in [3.8, 4) is 11.5 Å². The van der Waals surface area contributed by atoms with E-state index in [0.29, 0.717) is 34.0 Å². The minimum Gasteiger partial charge on any atom is -0.487 e. The molecule has 9 heteroatoms. The molecule has 0 spiro atoms. The highest BCUT2D eigenvalue weighted by molar-refractivity contribution is 6.31. The van der Waals surface area contributed by atoms with Crippen LogP contribution >= 0.6 is 11.6 Å². The highest BCUT2D eigenvalue weighted by Gasteiger charge is 2.16. The van der Waals surface area contributed by atoms with Gasteiger partial charge in [-0.3, -0.25) is 0 Å². The van der Waals surface area contributed by atoms with E-state index in [9.17, 15) is 4.39 Å². The molecule has 4 rings (SSSR count). The Morgan fingerprint density at radius 3 is 2.71 bits per heavy atom. The summed E-state index contributed by atoms with van der Waals surface area (Å²) in [5, 5.41) is 5.17. The molecule has 2 heterocycles. The molecule has 0 saturated heterocycles. The maximum Gasteiger partial charge on any atom is 0.169 e. The summed E-state index contributed by atoms with van der Waals surface area (Å²) in [6.45, 7) is 5.52. The van der Waals surface area contributed by atoms with Gasteiger partial charge in [0, 0.05) is 28.8 Å².